The topological polar surface area (TPSA) is 174 Å². The Balaban J connectivity index is 1.48. The molecule has 0 aliphatic heterocycles. The van der Waals surface area contributed by atoms with Crippen LogP contribution in [0.2, 0.25) is 0 Å². The number of aliphatic hydroxyl groups excluding tert-OH is 2. The molecule has 0 fully saturated rings. The van der Waals surface area contributed by atoms with Gasteiger partial charge in [0, 0.05) is 36.5 Å². The van der Waals surface area contributed by atoms with Gasteiger partial charge in [0.1, 0.15) is 11.4 Å². The zero-order chi connectivity index (χ0) is 31.6. The molecular formula is C32H38N8O4. The van der Waals surface area contributed by atoms with Crippen LogP contribution >= 0.6 is 0 Å². The van der Waals surface area contributed by atoms with E-state index >= 15 is 0 Å². The van der Waals surface area contributed by atoms with Gasteiger partial charge >= 0.3 is 0 Å². The third-order valence-electron chi connectivity index (χ3n) is 7.28. The third-order valence-corrected chi connectivity index (χ3v) is 7.28. The lowest BCUT2D eigenvalue weighted by Crippen LogP contribution is -2.23. The number of amides is 2. The highest BCUT2D eigenvalue weighted by Gasteiger charge is 2.17. The van der Waals surface area contributed by atoms with E-state index in [0.29, 0.717) is 35.9 Å². The second kappa shape index (κ2) is 15.2. The molecule has 44 heavy (non-hydrogen) atoms. The monoisotopic (exact) mass is 598 g/mol. The molecule has 0 aliphatic carbocycles. The van der Waals surface area contributed by atoms with Gasteiger partial charge in [0.2, 0.25) is 0 Å². The van der Waals surface area contributed by atoms with Gasteiger partial charge in [-0.1, -0.05) is 24.3 Å². The summed E-state index contributed by atoms with van der Waals surface area (Å²) in [5.74, 6) is -0.771. The molecule has 2 aromatic heterocycles. The molecule has 0 bridgehead atoms. The third kappa shape index (κ3) is 7.85. The Morgan fingerprint density at radius 1 is 0.659 bits per heavy atom. The Hall–Kier alpha value is -4.62. The predicted octanol–water partition coefficient (Wildman–Crippen LogP) is 3.34. The summed E-state index contributed by atoms with van der Waals surface area (Å²) in [5, 5.41) is 30.1. The molecule has 12 nitrogen and oxygen atoms in total. The predicted molar refractivity (Wildman–Crippen MR) is 168 cm³/mol. The van der Waals surface area contributed by atoms with Gasteiger partial charge in [-0.3, -0.25) is 19.6 Å². The molecule has 0 aliphatic rings. The maximum Gasteiger partial charge on any atom is 0.275 e. The van der Waals surface area contributed by atoms with E-state index in [1.165, 1.54) is 12.4 Å². The minimum Gasteiger partial charge on any atom is -0.395 e. The lowest BCUT2D eigenvalue weighted by atomic mass is 9.94. The van der Waals surface area contributed by atoms with Gasteiger partial charge in [0.25, 0.3) is 11.8 Å². The molecule has 12 heteroatoms. The Morgan fingerprint density at radius 2 is 1.07 bits per heavy atom. The summed E-state index contributed by atoms with van der Waals surface area (Å²) in [5.41, 5.74) is 6.45. The number of anilines is 2. The molecule has 4 rings (SSSR count). The Morgan fingerprint density at radius 3 is 1.41 bits per heavy atom. The average Bonchev–Trinajstić information content (AvgIpc) is 3.04. The number of hydrogen-bond acceptors (Lipinski definition) is 10. The molecule has 2 heterocycles. The number of nitrogens with zero attached hydrogens (tertiary/aromatic N) is 4. The van der Waals surface area contributed by atoms with Crippen LogP contribution in [0.25, 0.3) is 11.1 Å². The number of rotatable bonds is 13. The molecule has 0 spiro atoms. The van der Waals surface area contributed by atoms with Crippen LogP contribution in [-0.2, 0) is 0 Å². The normalized spacial score (nSPS) is 12.4. The van der Waals surface area contributed by atoms with Gasteiger partial charge < -0.3 is 31.5 Å². The van der Waals surface area contributed by atoms with Crippen molar-refractivity contribution in [2.75, 3.05) is 36.9 Å². The van der Waals surface area contributed by atoms with Gasteiger partial charge in [-0.2, -0.15) is 0 Å². The van der Waals surface area contributed by atoms with E-state index in [-0.39, 0.29) is 48.5 Å². The fourth-order valence-electron chi connectivity index (χ4n) is 4.63. The summed E-state index contributed by atoms with van der Waals surface area (Å²) in [7, 11) is 0. The molecular weight excluding hydrogens is 560 g/mol. The Bertz CT molecular complexity index is 1460. The maximum atomic E-state index is 13.0. The van der Waals surface area contributed by atoms with Crippen LogP contribution in [0.4, 0.5) is 11.4 Å². The van der Waals surface area contributed by atoms with Crippen LogP contribution in [-0.4, -0.2) is 68.3 Å². The minimum absolute atomic E-state index is 0.0180. The van der Waals surface area contributed by atoms with E-state index in [9.17, 15) is 9.59 Å². The quantitative estimate of drug-likeness (QED) is 0.134. The first-order valence-electron chi connectivity index (χ1n) is 14.4. The Labute approximate surface area is 256 Å². The number of aliphatic hydroxyl groups is 2. The highest BCUT2D eigenvalue weighted by molar-refractivity contribution is 6.04. The van der Waals surface area contributed by atoms with Crippen molar-refractivity contribution in [1.82, 2.24) is 30.6 Å². The first kappa shape index (κ1) is 32.3. The second-order valence-electron chi connectivity index (χ2n) is 10.3. The summed E-state index contributed by atoms with van der Waals surface area (Å²) in [6.45, 7) is 8.56. The van der Waals surface area contributed by atoms with Gasteiger partial charge in [0.05, 0.1) is 49.4 Å². The van der Waals surface area contributed by atoms with E-state index in [4.69, 9.17) is 10.2 Å². The molecule has 2 aromatic carbocycles. The van der Waals surface area contributed by atoms with Crippen LogP contribution in [0.3, 0.4) is 0 Å². The van der Waals surface area contributed by atoms with Gasteiger partial charge in [0.15, 0.2) is 0 Å². The van der Waals surface area contributed by atoms with E-state index in [1.54, 1.807) is 12.4 Å². The highest BCUT2D eigenvalue weighted by atomic mass is 16.3. The lowest BCUT2D eigenvalue weighted by Gasteiger charge is -2.17. The number of benzene rings is 2. The van der Waals surface area contributed by atoms with Crippen molar-refractivity contribution in [3.8, 4) is 11.1 Å². The zero-order valence-electron chi connectivity index (χ0n) is 25.3. The molecule has 2 amide bonds. The standard InChI is InChI=1S/C32H38N8O4/c1-19-23(7-5-9-25(19)39-31(43)29-17-35-27(15-37-29)21(3)33-11-13-41)24-8-6-10-26(20(24)2)40-32(44)30-18-36-28(16-38-30)22(4)34-12-14-42/h5-10,15-18,21-22,33-34,41-42H,11-14H2,1-4H3,(H,39,43)(H,40,44). The summed E-state index contributed by atoms with van der Waals surface area (Å²) in [6.07, 6.45) is 5.97. The SMILES string of the molecule is Cc1c(NC(=O)c2cnc(C(C)NCCO)cn2)cccc1-c1cccc(NC(=O)c2cnc(C(C)NCCO)cn2)c1C. The fourth-order valence-corrected chi connectivity index (χ4v) is 4.63. The number of hydrogen-bond donors (Lipinski definition) is 6. The van der Waals surface area contributed by atoms with E-state index in [1.807, 2.05) is 64.1 Å². The van der Waals surface area contributed by atoms with Crippen LogP contribution in [0.5, 0.6) is 0 Å². The number of aromatic nitrogens is 4. The van der Waals surface area contributed by atoms with Crippen molar-refractivity contribution in [1.29, 1.82) is 0 Å². The van der Waals surface area contributed by atoms with Gasteiger partial charge in [-0.15, -0.1) is 0 Å². The van der Waals surface area contributed by atoms with Crippen molar-refractivity contribution >= 4 is 23.2 Å². The van der Waals surface area contributed by atoms with E-state index in [0.717, 1.165) is 22.3 Å². The van der Waals surface area contributed by atoms with Crippen molar-refractivity contribution in [3.05, 3.63) is 95.1 Å². The van der Waals surface area contributed by atoms with Gasteiger partial charge in [-0.05, 0) is 62.1 Å². The van der Waals surface area contributed by atoms with E-state index in [2.05, 4.69) is 41.2 Å². The molecule has 0 saturated carbocycles. The van der Waals surface area contributed by atoms with Crippen LogP contribution in [0.15, 0.2) is 61.2 Å². The maximum absolute atomic E-state index is 13.0. The van der Waals surface area contributed by atoms with Crippen LogP contribution in [0.1, 0.15) is 69.4 Å². The fraction of sp³-hybridized carbons (Fsp3) is 0.312. The van der Waals surface area contributed by atoms with E-state index < -0.39 is 0 Å². The van der Waals surface area contributed by atoms with Crippen molar-refractivity contribution in [2.24, 2.45) is 0 Å². The molecule has 0 saturated heterocycles. The van der Waals surface area contributed by atoms with Crippen LogP contribution < -0.4 is 21.3 Å². The molecule has 0 radical (unpaired) electrons. The zero-order valence-corrected chi connectivity index (χ0v) is 25.3. The first-order chi connectivity index (χ1) is 21.2. The average molecular weight is 599 g/mol. The summed E-state index contributed by atoms with van der Waals surface area (Å²) >= 11 is 0. The molecule has 230 valence electrons. The summed E-state index contributed by atoms with van der Waals surface area (Å²) in [4.78, 5) is 43.3. The molecule has 6 N–H and O–H groups in total. The molecule has 2 atom stereocenters. The van der Waals surface area contributed by atoms with Crippen LogP contribution in [0, 0.1) is 13.8 Å². The Kier molecular flexibility index (Phi) is 11.2. The van der Waals surface area contributed by atoms with Crippen molar-refractivity contribution in [3.63, 3.8) is 0 Å². The number of nitrogens with one attached hydrogen (secondary N) is 4. The summed E-state index contributed by atoms with van der Waals surface area (Å²) < 4.78 is 0. The first-order valence-corrected chi connectivity index (χ1v) is 14.4. The molecule has 2 unspecified atom stereocenters. The van der Waals surface area contributed by atoms with Crippen molar-refractivity contribution < 1.29 is 19.8 Å². The van der Waals surface area contributed by atoms with Gasteiger partial charge in [-0.25, -0.2) is 9.97 Å². The summed E-state index contributed by atoms with van der Waals surface area (Å²) in [6, 6.07) is 11.1. The second-order valence-corrected chi connectivity index (χ2v) is 10.3. The lowest BCUT2D eigenvalue weighted by molar-refractivity contribution is 0.101. The van der Waals surface area contributed by atoms with Crippen molar-refractivity contribution in [2.45, 2.75) is 39.8 Å². The molecule has 4 aromatic rings. The minimum atomic E-state index is -0.385. The smallest absolute Gasteiger partial charge is 0.275 e. The number of carbonyl (C=O) groups is 2. The number of carbonyl (C=O) groups excluding carboxylic acids is 2. The highest BCUT2D eigenvalue weighted by Crippen LogP contribution is 2.34. The largest absolute Gasteiger partial charge is 0.395 e.